The van der Waals surface area contributed by atoms with Gasteiger partial charge in [-0.1, -0.05) is 36.8 Å². The Kier molecular flexibility index (Phi) is 5.75. The minimum atomic E-state index is -0.942. The molecule has 4 atom stereocenters. The third-order valence-corrected chi connectivity index (χ3v) is 8.26. The van der Waals surface area contributed by atoms with Gasteiger partial charge in [0.1, 0.15) is 5.75 Å². The van der Waals surface area contributed by atoms with Gasteiger partial charge in [-0.3, -0.25) is 14.6 Å². The van der Waals surface area contributed by atoms with Gasteiger partial charge in [-0.05, 0) is 91.5 Å². The lowest BCUT2D eigenvalue weighted by atomic mass is 9.64. The number of pyridine rings is 1. The van der Waals surface area contributed by atoms with Crippen LogP contribution in [0.5, 0.6) is 5.75 Å². The molecule has 3 aromatic rings. The van der Waals surface area contributed by atoms with E-state index in [9.17, 15) is 9.59 Å². The molecule has 184 valence electrons. The molecule has 0 radical (unpaired) electrons. The lowest BCUT2D eigenvalue weighted by molar-refractivity contribution is -0.125. The molecule has 1 unspecified atom stereocenters. The van der Waals surface area contributed by atoms with Crippen LogP contribution in [-0.2, 0) is 10.2 Å². The summed E-state index contributed by atoms with van der Waals surface area (Å²) in [6.07, 6.45) is 7.71. The second-order valence-corrected chi connectivity index (χ2v) is 10.6. The maximum atomic E-state index is 12.5. The number of ether oxygens (including phenoxy) is 1. The number of nitrogens with two attached hydrogens (primary N) is 1. The molecule has 6 nitrogen and oxygen atoms in total. The van der Waals surface area contributed by atoms with E-state index in [1.807, 2.05) is 30.3 Å². The van der Waals surface area contributed by atoms with Crippen molar-refractivity contribution in [2.24, 2.45) is 17.6 Å². The van der Waals surface area contributed by atoms with Crippen molar-refractivity contribution in [1.82, 2.24) is 10.3 Å². The van der Waals surface area contributed by atoms with E-state index in [-0.39, 0.29) is 11.3 Å². The van der Waals surface area contributed by atoms with Gasteiger partial charge in [-0.2, -0.15) is 0 Å². The molecule has 1 heterocycles. The zero-order valence-electron chi connectivity index (χ0n) is 20.2. The zero-order valence-corrected chi connectivity index (χ0v) is 20.2. The predicted molar refractivity (Wildman–Crippen MR) is 136 cm³/mol. The van der Waals surface area contributed by atoms with Gasteiger partial charge in [0.05, 0.1) is 5.69 Å². The van der Waals surface area contributed by atoms with Crippen LogP contribution in [0, 0.1) is 11.8 Å². The van der Waals surface area contributed by atoms with Crippen LogP contribution in [0.3, 0.4) is 0 Å². The van der Waals surface area contributed by atoms with Gasteiger partial charge in [-0.25, -0.2) is 0 Å². The molecule has 3 aliphatic rings. The van der Waals surface area contributed by atoms with Gasteiger partial charge in [0.25, 0.3) is 11.8 Å². The molecule has 3 fully saturated rings. The average molecular weight is 482 g/mol. The Morgan fingerprint density at radius 1 is 0.944 bits per heavy atom. The molecule has 2 amide bonds. The normalized spacial score (nSPS) is 25.3. The van der Waals surface area contributed by atoms with Crippen molar-refractivity contribution in [3.8, 4) is 5.75 Å². The molecular weight excluding hydrogens is 450 g/mol. The molecule has 3 N–H and O–H groups in total. The quantitative estimate of drug-likeness (QED) is 0.488. The summed E-state index contributed by atoms with van der Waals surface area (Å²) in [6.45, 7) is 0. The minimum Gasteiger partial charge on any atom is -0.474 e. The van der Waals surface area contributed by atoms with Gasteiger partial charge < -0.3 is 15.8 Å². The minimum absolute atomic E-state index is 0.0180. The van der Waals surface area contributed by atoms with Crippen LogP contribution in [0.2, 0.25) is 0 Å². The van der Waals surface area contributed by atoms with Crippen LogP contribution in [0.1, 0.15) is 71.8 Å². The number of benzene rings is 2. The molecule has 2 aromatic carbocycles. The molecule has 3 saturated carbocycles. The highest BCUT2D eigenvalue weighted by Gasteiger charge is 2.52. The number of rotatable bonds is 8. The topological polar surface area (TPSA) is 94.3 Å². The highest BCUT2D eigenvalue weighted by Crippen LogP contribution is 2.60. The van der Waals surface area contributed by atoms with Crippen molar-refractivity contribution in [2.45, 2.75) is 56.1 Å². The van der Waals surface area contributed by atoms with Crippen molar-refractivity contribution in [2.75, 3.05) is 0 Å². The summed E-state index contributed by atoms with van der Waals surface area (Å²) in [5, 5.41) is 3.08. The first kappa shape index (κ1) is 22.8. The van der Waals surface area contributed by atoms with Crippen LogP contribution >= 0.6 is 0 Å². The monoisotopic (exact) mass is 481 g/mol. The molecule has 2 bridgehead atoms. The Morgan fingerprint density at radius 2 is 1.67 bits per heavy atom. The van der Waals surface area contributed by atoms with E-state index in [1.165, 1.54) is 30.4 Å². The number of nitrogens with one attached hydrogen (secondary N) is 1. The van der Waals surface area contributed by atoms with Crippen LogP contribution in [0.4, 0.5) is 0 Å². The first-order chi connectivity index (χ1) is 17.5. The van der Waals surface area contributed by atoms with E-state index >= 15 is 0 Å². The van der Waals surface area contributed by atoms with Crippen LogP contribution in [-0.4, -0.2) is 22.8 Å². The largest absolute Gasteiger partial charge is 0.474 e. The second-order valence-electron chi connectivity index (χ2n) is 10.6. The number of aromatic nitrogens is 1. The Morgan fingerprint density at radius 3 is 2.22 bits per heavy atom. The molecule has 1 aromatic heterocycles. The molecule has 0 saturated heterocycles. The number of nitrogens with zero attached hydrogens (tertiary/aromatic N) is 1. The van der Waals surface area contributed by atoms with E-state index in [4.69, 9.17) is 10.5 Å². The highest BCUT2D eigenvalue weighted by atomic mass is 16.5. The fourth-order valence-electron chi connectivity index (χ4n) is 6.38. The third-order valence-electron chi connectivity index (χ3n) is 8.26. The second kappa shape index (κ2) is 9.08. The zero-order chi connectivity index (χ0) is 24.7. The van der Waals surface area contributed by atoms with E-state index in [1.54, 1.807) is 18.3 Å². The Bertz CT molecular complexity index is 1250. The molecule has 0 spiro atoms. The van der Waals surface area contributed by atoms with Gasteiger partial charge >= 0.3 is 0 Å². The highest BCUT2D eigenvalue weighted by molar-refractivity contribution is 5.94. The molecule has 36 heavy (non-hydrogen) atoms. The summed E-state index contributed by atoms with van der Waals surface area (Å²) >= 11 is 0. The van der Waals surface area contributed by atoms with Crippen LogP contribution in [0.25, 0.3) is 0 Å². The standard InChI is InChI=1S/C30H31N3O3/c31-28(34)27(26-3-1-2-16-32-26)36-25-14-10-22(11-15-25)30(18-19-4-7-23(30)17-19)21-8-5-20(6-9-21)29(35)33-24-12-13-24/h1-3,5-6,8-11,14-16,19,23-24,27H,4,7,12-13,17-18H2,(H2,31,34)(H,33,35)/t19-,23+,27?,30+/m1/s1. The lowest BCUT2D eigenvalue weighted by Gasteiger charge is -2.39. The maximum absolute atomic E-state index is 12.5. The first-order valence-electron chi connectivity index (χ1n) is 12.9. The Labute approximate surface area is 211 Å². The van der Waals surface area contributed by atoms with Crippen molar-refractivity contribution in [3.63, 3.8) is 0 Å². The SMILES string of the molecule is NC(=O)C(Oc1ccc([C@@]2(c3ccc(C(=O)NC4CC4)cc3)C[C@@H]3CC[C@H]2C3)cc1)c1ccccn1. The summed E-state index contributed by atoms with van der Waals surface area (Å²) in [5.74, 6) is 1.33. The number of hydrogen-bond acceptors (Lipinski definition) is 4. The van der Waals surface area contributed by atoms with E-state index in [0.717, 1.165) is 30.7 Å². The molecule has 0 aliphatic heterocycles. The van der Waals surface area contributed by atoms with Gasteiger partial charge in [0.15, 0.2) is 0 Å². The maximum Gasteiger partial charge on any atom is 0.264 e. The van der Waals surface area contributed by atoms with Crippen molar-refractivity contribution >= 4 is 11.8 Å². The summed E-state index contributed by atoms with van der Waals surface area (Å²) in [7, 11) is 0. The van der Waals surface area contributed by atoms with E-state index in [2.05, 4.69) is 34.6 Å². The van der Waals surface area contributed by atoms with E-state index in [0.29, 0.717) is 23.4 Å². The average Bonchev–Trinajstić information content (AvgIpc) is 3.48. The lowest BCUT2D eigenvalue weighted by Crippen LogP contribution is -2.34. The van der Waals surface area contributed by atoms with Crippen molar-refractivity contribution < 1.29 is 14.3 Å². The Balaban J connectivity index is 1.28. The molecular formula is C30H31N3O3. The van der Waals surface area contributed by atoms with E-state index < -0.39 is 12.0 Å². The molecule has 3 aliphatic carbocycles. The Hall–Kier alpha value is -3.67. The van der Waals surface area contributed by atoms with Crippen molar-refractivity contribution in [3.05, 3.63) is 95.3 Å². The summed E-state index contributed by atoms with van der Waals surface area (Å²) < 4.78 is 5.98. The van der Waals surface area contributed by atoms with Gasteiger partial charge in [-0.15, -0.1) is 0 Å². The van der Waals surface area contributed by atoms with Gasteiger partial charge in [0, 0.05) is 23.2 Å². The van der Waals surface area contributed by atoms with Crippen LogP contribution < -0.4 is 15.8 Å². The number of amides is 2. The van der Waals surface area contributed by atoms with Gasteiger partial charge in [0.2, 0.25) is 6.10 Å². The number of hydrogen-bond donors (Lipinski definition) is 2. The smallest absolute Gasteiger partial charge is 0.264 e. The number of primary amides is 1. The van der Waals surface area contributed by atoms with Crippen LogP contribution in [0.15, 0.2) is 72.9 Å². The number of carbonyl (C=O) groups is 2. The third kappa shape index (κ3) is 4.15. The number of fused-ring (bicyclic) bond motifs is 2. The summed E-state index contributed by atoms with van der Waals surface area (Å²) in [5.41, 5.74) is 9.28. The number of carbonyl (C=O) groups excluding carboxylic acids is 2. The molecule has 6 rings (SSSR count). The summed E-state index contributed by atoms with van der Waals surface area (Å²) in [4.78, 5) is 28.8. The first-order valence-corrected chi connectivity index (χ1v) is 12.9. The summed E-state index contributed by atoms with van der Waals surface area (Å²) in [6, 6.07) is 22.0. The fourth-order valence-corrected chi connectivity index (χ4v) is 6.38. The molecule has 6 heteroatoms. The van der Waals surface area contributed by atoms with Crippen molar-refractivity contribution in [1.29, 1.82) is 0 Å². The predicted octanol–water partition coefficient (Wildman–Crippen LogP) is 4.69. The fraction of sp³-hybridized carbons (Fsp3) is 0.367.